The van der Waals surface area contributed by atoms with Crippen molar-refractivity contribution in [3.05, 3.63) is 47.8 Å². The second-order valence-corrected chi connectivity index (χ2v) is 5.75. The van der Waals surface area contributed by atoms with Crippen LogP contribution in [0.3, 0.4) is 0 Å². The normalized spacial score (nSPS) is 15.0. The zero-order valence-corrected chi connectivity index (χ0v) is 13.1. The molecule has 0 spiro atoms. The number of hydrogen-bond acceptors (Lipinski definition) is 4. The van der Waals surface area contributed by atoms with Crippen LogP contribution >= 0.6 is 0 Å². The monoisotopic (exact) mass is 332 g/mol. The van der Waals surface area contributed by atoms with Crippen LogP contribution in [-0.2, 0) is 0 Å². The van der Waals surface area contributed by atoms with Gasteiger partial charge in [-0.15, -0.1) is 0 Å². The number of amides is 1. The van der Waals surface area contributed by atoms with Gasteiger partial charge in [-0.05, 0) is 25.0 Å². The smallest absolute Gasteiger partial charge is 0.258 e. The van der Waals surface area contributed by atoms with Crippen molar-refractivity contribution in [2.24, 2.45) is 0 Å². The molecule has 2 heterocycles. The fourth-order valence-electron chi connectivity index (χ4n) is 2.69. The molecule has 0 bridgehead atoms. The highest BCUT2D eigenvalue weighted by Crippen LogP contribution is 2.17. The van der Waals surface area contributed by atoms with Crippen molar-refractivity contribution in [1.29, 1.82) is 0 Å². The Morgan fingerprint density at radius 3 is 2.33 bits per heavy atom. The molecule has 24 heavy (non-hydrogen) atoms. The first kappa shape index (κ1) is 16.3. The average molecular weight is 332 g/mol. The molecule has 1 saturated heterocycles. The van der Waals surface area contributed by atoms with Gasteiger partial charge in [-0.2, -0.15) is 0 Å². The minimum Gasteiger partial charge on any atom is -0.341 e. The molecular weight excluding hydrogens is 314 g/mol. The molecule has 0 aliphatic carbocycles. The number of rotatable bonds is 3. The third kappa shape index (κ3) is 3.84. The number of hydrogen-bond donors (Lipinski definition) is 1. The van der Waals surface area contributed by atoms with E-state index in [1.807, 2.05) is 0 Å². The Kier molecular flexibility index (Phi) is 4.98. The molecule has 3 rings (SSSR count). The standard InChI is InChI=1S/C17H18F2N4O/c18-12-5-6-14(15(19)9-12)16(24)22-13-10-20-17(21-11-13)23-7-3-1-2-4-8-23/h5-6,9-11H,1-4,7-8H2,(H,22,24). The van der Waals surface area contributed by atoms with E-state index in [1.165, 1.54) is 25.2 Å². The largest absolute Gasteiger partial charge is 0.341 e. The summed E-state index contributed by atoms with van der Waals surface area (Å²) in [5, 5.41) is 2.52. The highest BCUT2D eigenvalue weighted by molar-refractivity contribution is 6.04. The third-order valence-corrected chi connectivity index (χ3v) is 3.96. The number of carbonyl (C=O) groups excluding carboxylic acids is 1. The summed E-state index contributed by atoms with van der Waals surface area (Å²) in [5.41, 5.74) is 0.135. The van der Waals surface area contributed by atoms with Crippen molar-refractivity contribution < 1.29 is 13.6 Å². The highest BCUT2D eigenvalue weighted by Gasteiger charge is 2.15. The van der Waals surface area contributed by atoms with Crippen molar-refractivity contribution in [3.8, 4) is 0 Å². The van der Waals surface area contributed by atoms with Gasteiger partial charge in [-0.1, -0.05) is 12.8 Å². The zero-order valence-electron chi connectivity index (χ0n) is 13.1. The molecule has 7 heteroatoms. The molecule has 2 aromatic rings. The Bertz CT molecular complexity index is 713. The molecule has 0 unspecified atom stereocenters. The summed E-state index contributed by atoms with van der Waals surface area (Å²) in [6, 6.07) is 2.82. The van der Waals surface area contributed by atoms with Crippen LogP contribution in [0.1, 0.15) is 36.0 Å². The lowest BCUT2D eigenvalue weighted by atomic mass is 10.2. The van der Waals surface area contributed by atoms with Gasteiger partial charge in [0.2, 0.25) is 5.95 Å². The summed E-state index contributed by atoms with van der Waals surface area (Å²) in [7, 11) is 0. The van der Waals surface area contributed by atoms with Crippen LogP contribution in [0.5, 0.6) is 0 Å². The quantitative estimate of drug-likeness (QED) is 0.936. The van der Waals surface area contributed by atoms with Gasteiger partial charge in [0.15, 0.2) is 0 Å². The summed E-state index contributed by atoms with van der Waals surface area (Å²) in [6.07, 6.45) is 7.65. The van der Waals surface area contributed by atoms with E-state index in [0.29, 0.717) is 17.7 Å². The maximum Gasteiger partial charge on any atom is 0.258 e. The Hall–Kier alpha value is -2.57. The lowest BCUT2D eigenvalue weighted by Crippen LogP contribution is -2.26. The minimum absolute atomic E-state index is 0.229. The zero-order chi connectivity index (χ0) is 16.9. The number of nitrogens with zero attached hydrogens (tertiary/aromatic N) is 3. The summed E-state index contributed by atoms with van der Waals surface area (Å²) in [5.74, 6) is -1.68. The average Bonchev–Trinajstić information content (AvgIpc) is 2.84. The Balaban J connectivity index is 1.68. The van der Waals surface area contributed by atoms with E-state index in [1.54, 1.807) is 0 Å². The predicted octanol–water partition coefficient (Wildman–Crippen LogP) is 3.39. The second-order valence-electron chi connectivity index (χ2n) is 5.75. The topological polar surface area (TPSA) is 58.1 Å². The molecule has 1 aromatic carbocycles. The first-order valence-corrected chi connectivity index (χ1v) is 7.97. The number of aromatic nitrogens is 2. The number of benzene rings is 1. The Labute approximate surface area is 138 Å². The SMILES string of the molecule is O=C(Nc1cnc(N2CCCCCC2)nc1)c1ccc(F)cc1F. The van der Waals surface area contributed by atoms with Crippen molar-refractivity contribution >= 4 is 17.5 Å². The number of anilines is 2. The maximum atomic E-state index is 13.6. The van der Waals surface area contributed by atoms with Gasteiger partial charge in [-0.3, -0.25) is 4.79 Å². The van der Waals surface area contributed by atoms with E-state index in [2.05, 4.69) is 20.2 Å². The third-order valence-electron chi connectivity index (χ3n) is 3.96. The van der Waals surface area contributed by atoms with Crippen molar-refractivity contribution in [2.75, 3.05) is 23.3 Å². The van der Waals surface area contributed by atoms with E-state index >= 15 is 0 Å². The van der Waals surface area contributed by atoms with Crippen LogP contribution < -0.4 is 10.2 Å². The van der Waals surface area contributed by atoms with Crippen molar-refractivity contribution in [1.82, 2.24) is 9.97 Å². The van der Waals surface area contributed by atoms with Crippen molar-refractivity contribution in [3.63, 3.8) is 0 Å². The summed E-state index contributed by atoms with van der Waals surface area (Å²) in [4.78, 5) is 22.7. The molecule has 5 nitrogen and oxygen atoms in total. The van der Waals surface area contributed by atoms with Gasteiger partial charge < -0.3 is 10.2 Å². The van der Waals surface area contributed by atoms with Crippen LogP contribution in [0, 0.1) is 11.6 Å². The fourth-order valence-corrected chi connectivity index (χ4v) is 2.69. The fraction of sp³-hybridized carbons (Fsp3) is 0.353. The summed E-state index contributed by atoms with van der Waals surface area (Å²) >= 11 is 0. The highest BCUT2D eigenvalue weighted by atomic mass is 19.1. The second kappa shape index (κ2) is 7.33. The van der Waals surface area contributed by atoms with Crippen molar-refractivity contribution in [2.45, 2.75) is 25.7 Å². The van der Waals surface area contributed by atoms with E-state index < -0.39 is 17.5 Å². The number of nitrogens with one attached hydrogen (secondary N) is 1. The van der Waals surface area contributed by atoms with Crippen LogP contribution in [-0.4, -0.2) is 29.0 Å². The molecule has 0 saturated carbocycles. The van der Waals surface area contributed by atoms with E-state index in [0.717, 1.165) is 38.1 Å². The van der Waals surface area contributed by atoms with Crippen LogP contribution in [0.4, 0.5) is 20.4 Å². The predicted molar refractivity (Wildman–Crippen MR) is 87.0 cm³/mol. The van der Waals surface area contributed by atoms with E-state index in [9.17, 15) is 13.6 Å². The molecule has 1 aromatic heterocycles. The maximum absolute atomic E-state index is 13.6. The summed E-state index contributed by atoms with van der Waals surface area (Å²) < 4.78 is 26.5. The van der Waals surface area contributed by atoms with Gasteiger partial charge in [0, 0.05) is 19.2 Å². The van der Waals surface area contributed by atoms with Gasteiger partial charge in [0.1, 0.15) is 11.6 Å². The molecular formula is C17H18F2N4O. The van der Waals surface area contributed by atoms with Crippen LogP contribution in [0.2, 0.25) is 0 Å². The first-order chi connectivity index (χ1) is 11.6. The molecule has 0 radical (unpaired) electrons. The lowest BCUT2D eigenvalue weighted by molar-refractivity contribution is 0.102. The van der Waals surface area contributed by atoms with Gasteiger partial charge in [0.05, 0.1) is 23.6 Å². The van der Waals surface area contributed by atoms with E-state index in [-0.39, 0.29) is 5.56 Å². The Morgan fingerprint density at radius 1 is 1.04 bits per heavy atom. The number of carbonyl (C=O) groups is 1. The molecule has 1 amide bonds. The lowest BCUT2D eigenvalue weighted by Gasteiger charge is -2.19. The number of halogens is 2. The molecule has 0 atom stereocenters. The summed E-state index contributed by atoms with van der Waals surface area (Å²) in [6.45, 7) is 1.85. The molecule has 126 valence electrons. The van der Waals surface area contributed by atoms with Gasteiger partial charge >= 0.3 is 0 Å². The Morgan fingerprint density at radius 2 is 1.71 bits per heavy atom. The first-order valence-electron chi connectivity index (χ1n) is 7.97. The van der Waals surface area contributed by atoms with E-state index in [4.69, 9.17) is 0 Å². The van der Waals surface area contributed by atoms with Crippen LogP contribution in [0.15, 0.2) is 30.6 Å². The van der Waals surface area contributed by atoms with Gasteiger partial charge in [-0.25, -0.2) is 18.7 Å². The van der Waals surface area contributed by atoms with Crippen LogP contribution in [0.25, 0.3) is 0 Å². The van der Waals surface area contributed by atoms with Gasteiger partial charge in [0.25, 0.3) is 5.91 Å². The minimum atomic E-state index is -0.908. The molecule has 1 fully saturated rings. The molecule has 1 aliphatic rings. The molecule has 1 N–H and O–H groups in total. The molecule has 1 aliphatic heterocycles.